The average Bonchev–Trinajstić information content (AvgIpc) is 3.17. The number of carbonyl (C=O) groups is 1. The molecule has 0 saturated carbocycles. The van der Waals surface area contributed by atoms with E-state index in [0.717, 1.165) is 70.6 Å². The van der Waals surface area contributed by atoms with E-state index in [1.165, 1.54) is 70.6 Å². The zero-order chi connectivity index (χ0) is 41.1. The highest BCUT2D eigenvalue weighted by atomic mass is 32.3. The molecule has 0 amide bonds. The van der Waals surface area contributed by atoms with Gasteiger partial charge in [0.25, 0.3) is 0 Å². The van der Waals surface area contributed by atoms with Gasteiger partial charge in [0.15, 0.2) is 6.29 Å². The first-order chi connectivity index (χ1) is 27.1. The Labute approximate surface area is 339 Å². The Morgan fingerprint density at radius 3 is 1.75 bits per heavy atom. The van der Waals surface area contributed by atoms with Gasteiger partial charge in [0.05, 0.1) is 19.8 Å². The summed E-state index contributed by atoms with van der Waals surface area (Å²) < 4.78 is 58.9. The van der Waals surface area contributed by atoms with Crippen LogP contribution in [0.3, 0.4) is 0 Å². The van der Waals surface area contributed by atoms with E-state index in [0.29, 0.717) is 13.0 Å². The molecule has 0 bridgehead atoms. The lowest BCUT2D eigenvalue weighted by molar-refractivity contribution is -0.301. The van der Waals surface area contributed by atoms with Crippen LogP contribution in [-0.4, -0.2) is 97.5 Å². The summed E-state index contributed by atoms with van der Waals surface area (Å²) in [5.41, 5.74) is 0. The number of hydrogen-bond acceptors (Lipinski definition) is 11. The van der Waals surface area contributed by atoms with E-state index < -0.39 is 59.8 Å². The average molecular weight is 819 g/mol. The lowest BCUT2D eigenvalue weighted by atomic mass is 9.99. The first-order valence-electron chi connectivity index (χ1n) is 21.7. The van der Waals surface area contributed by atoms with Gasteiger partial charge in [0.2, 0.25) is 0 Å². The van der Waals surface area contributed by atoms with Crippen LogP contribution in [0.25, 0.3) is 0 Å². The minimum absolute atomic E-state index is 0.0263. The van der Waals surface area contributed by atoms with Gasteiger partial charge >= 0.3 is 16.4 Å². The Kier molecular flexibility index (Phi) is 33.0. The van der Waals surface area contributed by atoms with Crippen molar-refractivity contribution in [3.63, 3.8) is 0 Å². The molecule has 56 heavy (non-hydrogen) atoms. The largest absolute Gasteiger partial charge is 0.457 e. The maximum absolute atomic E-state index is 12.8. The third-order valence-corrected chi connectivity index (χ3v) is 10.2. The zero-order valence-corrected chi connectivity index (χ0v) is 35.5. The highest BCUT2D eigenvalue weighted by Gasteiger charge is 2.48. The van der Waals surface area contributed by atoms with E-state index in [-0.39, 0.29) is 19.6 Å². The summed E-state index contributed by atoms with van der Waals surface area (Å²) in [5, 5.41) is 30.6. The van der Waals surface area contributed by atoms with Gasteiger partial charge in [-0.15, -0.1) is 0 Å². The summed E-state index contributed by atoms with van der Waals surface area (Å²) in [7, 11) is -5.06. The van der Waals surface area contributed by atoms with Crippen molar-refractivity contribution in [3.8, 4) is 0 Å². The minimum Gasteiger partial charge on any atom is -0.457 e. The Bertz CT molecular complexity index is 1130. The minimum atomic E-state index is -5.06. The summed E-state index contributed by atoms with van der Waals surface area (Å²) in [6.45, 7) is 3.91. The summed E-state index contributed by atoms with van der Waals surface area (Å²) in [6, 6.07) is 0. The van der Waals surface area contributed by atoms with Gasteiger partial charge < -0.3 is 34.3 Å². The van der Waals surface area contributed by atoms with Crippen LogP contribution < -0.4 is 0 Å². The summed E-state index contributed by atoms with van der Waals surface area (Å²) in [4.78, 5) is 12.8. The van der Waals surface area contributed by atoms with Crippen molar-refractivity contribution in [1.82, 2.24) is 0 Å². The van der Waals surface area contributed by atoms with E-state index in [1.807, 2.05) is 0 Å². The fraction of sp³-hybridized carbons (Fsp3) is 0.837. The van der Waals surface area contributed by atoms with Crippen LogP contribution in [0.5, 0.6) is 0 Å². The number of aliphatic hydroxyl groups excluding tert-OH is 3. The number of aliphatic hydroxyl groups is 3. The second-order valence-electron chi connectivity index (χ2n) is 14.9. The number of unbranched alkanes of at least 4 members (excludes halogenated alkanes) is 18. The van der Waals surface area contributed by atoms with Crippen molar-refractivity contribution < 1.29 is 56.2 Å². The van der Waals surface area contributed by atoms with Crippen LogP contribution >= 0.6 is 0 Å². The molecule has 0 aromatic carbocycles. The molecule has 1 heterocycles. The SMILES string of the molecule is CCCCC/C=C\C/C=C\CCCCCCCC(=O)OC(COCCCCCCCC/C=C\CCCCCC)COC1OC(CO)C(O)C(OS(=O)(=O)O)C1O. The maximum Gasteiger partial charge on any atom is 0.397 e. The van der Waals surface area contributed by atoms with Crippen LogP contribution in [-0.2, 0) is 38.3 Å². The number of allylic oxidation sites excluding steroid dienone is 6. The molecule has 0 aromatic rings. The number of rotatable bonds is 37. The van der Waals surface area contributed by atoms with Gasteiger partial charge in [0, 0.05) is 13.0 Å². The molecule has 1 aliphatic rings. The highest BCUT2D eigenvalue weighted by Crippen LogP contribution is 2.26. The van der Waals surface area contributed by atoms with E-state index >= 15 is 0 Å². The molecule has 6 atom stereocenters. The number of esters is 1. The van der Waals surface area contributed by atoms with Crippen molar-refractivity contribution in [2.45, 2.75) is 205 Å². The normalized spacial score (nSPS) is 21.1. The topological polar surface area (TPSA) is 178 Å². The number of ether oxygens (including phenoxy) is 4. The van der Waals surface area contributed by atoms with Crippen LogP contribution in [0.2, 0.25) is 0 Å². The lowest BCUT2D eigenvalue weighted by Crippen LogP contribution is -2.60. The predicted octanol–water partition coefficient (Wildman–Crippen LogP) is 8.63. The van der Waals surface area contributed by atoms with E-state index in [2.05, 4.69) is 54.5 Å². The van der Waals surface area contributed by atoms with Gasteiger partial charge in [0.1, 0.15) is 30.5 Å². The molecule has 13 heteroatoms. The molecule has 4 N–H and O–H groups in total. The van der Waals surface area contributed by atoms with Crippen LogP contribution in [0.15, 0.2) is 36.5 Å². The quantitative estimate of drug-likeness (QED) is 0.0203. The molecule has 1 rings (SSSR count). The predicted molar refractivity (Wildman–Crippen MR) is 220 cm³/mol. The summed E-state index contributed by atoms with van der Waals surface area (Å²) in [5.74, 6) is -0.416. The van der Waals surface area contributed by atoms with E-state index in [1.54, 1.807) is 0 Å². The summed E-state index contributed by atoms with van der Waals surface area (Å²) in [6.07, 6.45) is 30.3. The summed E-state index contributed by atoms with van der Waals surface area (Å²) >= 11 is 0. The second-order valence-corrected chi connectivity index (χ2v) is 16.0. The Morgan fingerprint density at radius 1 is 0.679 bits per heavy atom. The molecule has 0 radical (unpaired) electrons. The third-order valence-electron chi connectivity index (χ3n) is 9.73. The van der Waals surface area contributed by atoms with Gasteiger partial charge in [-0.2, -0.15) is 8.42 Å². The number of carbonyl (C=O) groups excluding carboxylic acids is 1. The fourth-order valence-corrected chi connectivity index (χ4v) is 6.91. The fourth-order valence-electron chi connectivity index (χ4n) is 6.40. The first-order valence-corrected chi connectivity index (χ1v) is 23.1. The Balaban J connectivity index is 2.47. The molecular weight excluding hydrogens is 741 g/mol. The van der Waals surface area contributed by atoms with E-state index in [9.17, 15) is 28.5 Å². The van der Waals surface area contributed by atoms with Crippen LogP contribution in [0.4, 0.5) is 0 Å². The molecule has 1 saturated heterocycles. The molecule has 0 aromatic heterocycles. The van der Waals surface area contributed by atoms with Crippen molar-refractivity contribution >= 4 is 16.4 Å². The van der Waals surface area contributed by atoms with Crippen molar-refractivity contribution in [2.75, 3.05) is 26.4 Å². The number of hydrogen-bond donors (Lipinski definition) is 4. The first kappa shape index (κ1) is 52.3. The molecular formula is C43H78O12S. The molecule has 0 aliphatic carbocycles. The van der Waals surface area contributed by atoms with Gasteiger partial charge in [-0.1, -0.05) is 127 Å². The molecule has 12 nitrogen and oxygen atoms in total. The van der Waals surface area contributed by atoms with Crippen molar-refractivity contribution in [1.29, 1.82) is 0 Å². The smallest absolute Gasteiger partial charge is 0.397 e. The van der Waals surface area contributed by atoms with Gasteiger partial charge in [-0.3, -0.25) is 9.35 Å². The van der Waals surface area contributed by atoms with Crippen LogP contribution in [0.1, 0.15) is 168 Å². The molecule has 1 fully saturated rings. The van der Waals surface area contributed by atoms with E-state index in [4.69, 9.17) is 23.5 Å². The van der Waals surface area contributed by atoms with Crippen molar-refractivity contribution in [2.24, 2.45) is 0 Å². The maximum atomic E-state index is 12.8. The molecule has 328 valence electrons. The standard InChI is InChI=1S/C43H78O12S/c1-3-5-7-9-11-13-15-17-19-20-22-24-26-28-30-32-39(45)53-37(35-51-33-31-29-27-25-23-21-18-16-14-12-10-8-6-4-2)36-52-43-41(47)42(55-56(48,49)50)40(46)38(34-44)54-43/h11,13-14,16-17,19,37-38,40-44,46-47H,3-10,12,15,18,20-36H2,1-2H3,(H,48,49,50)/b13-11-,16-14-,19-17-. The zero-order valence-electron chi connectivity index (χ0n) is 34.7. The highest BCUT2D eigenvalue weighted by molar-refractivity contribution is 7.80. The third kappa shape index (κ3) is 28.7. The van der Waals surface area contributed by atoms with Gasteiger partial charge in [-0.25, -0.2) is 4.18 Å². The molecule has 6 unspecified atom stereocenters. The lowest BCUT2D eigenvalue weighted by Gasteiger charge is -2.41. The van der Waals surface area contributed by atoms with Crippen LogP contribution in [0, 0.1) is 0 Å². The Hall–Kier alpha value is -1.68. The Morgan fingerprint density at radius 2 is 1.18 bits per heavy atom. The monoisotopic (exact) mass is 819 g/mol. The van der Waals surface area contributed by atoms with Crippen molar-refractivity contribution in [3.05, 3.63) is 36.5 Å². The molecule has 1 aliphatic heterocycles. The second kappa shape index (κ2) is 35.3. The molecule has 0 spiro atoms. The van der Waals surface area contributed by atoms with Gasteiger partial charge in [-0.05, 0) is 70.6 Å².